The molecule has 3 amide bonds. The summed E-state index contributed by atoms with van der Waals surface area (Å²) in [5.74, 6) is -1.73. The molecule has 0 aromatic carbocycles. The molecular weight excluding hydrogens is 518 g/mol. The lowest BCUT2D eigenvalue weighted by molar-refractivity contribution is -0.304. The summed E-state index contributed by atoms with van der Waals surface area (Å²) in [4.78, 5) is 61.0. The standard InChI is InChI=1S/C25H43N3O9S/c1-23(2,3)37-22(33)28-16(9-10-18(30)34-8)21(32)38-14-13-26-17(29)11-12-27-20(31)19-24(4,5)15-35-25(6,7)36-19/h16,19H,9-15H2,1-8H3,(H,26,29)(H,27,31)(H,28,33)/t16-,19-/m0/s1. The van der Waals surface area contributed by atoms with Gasteiger partial charge in [0.25, 0.3) is 0 Å². The maximum atomic E-state index is 12.6. The zero-order valence-electron chi connectivity index (χ0n) is 23.7. The van der Waals surface area contributed by atoms with Crippen LogP contribution in [0.2, 0.25) is 0 Å². The molecule has 1 rings (SSSR count). The van der Waals surface area contributed by atoms with Crippen molar-refractivity contribution in [3.63, 3.8) is 0 Å². The average molecular weight is 562 g/mol. The largest absolute Gasteiger partial charge is 0.469 e. The van der Waals surface area contributed by atoms with E-state index in [4.69, 9.17) is 14.2 Å². The monoisotopic (exact) mass is 561 g/mol. The number of carbonyl (C=O) groups is 5. The molecule has 0 aromatic heterocycles. The number of rotatable bonds is 12. The third-order valence-corrected chi connectivity index (χ3v) is 6.28. The zero-order valence-corrected chi connectivity index (χ0v) is 24.5. The van der Waals surface area contributed by atoms with Crippen LogP contribution in [0, 0.1) is 5.41 Å². The number of ether oxygens (including phenoxy) is 4. The van der Waals surface area contributed by atoms with E-state index in [-0.39, 0.29) is 55.0 Å². The summed E-state index contributed by atoms with van der Waals surface area (Å²) in [6.07, 6.45) is -1.43. The van der Waals surface area contributed by atoms with Gasteiger partial charge in [-0.15, -0.1) is 0 Å². The van der Waals surface area contributed by atoms with Gasteiger partial charge < -0.3 is 34.9 Å². The van der Waals surface area contributed by atoms with Crippen molar-refractivity contribution >= 4 is 40.8 Å². The highest BCUT2D eigenvalue weighted by Gasteiger charge is 2.45. The first-order chi connectivity index (χ1) is 17.5. The van der Waals surface area contributed by atoms with E-state index in [2.05, 4.69) is 20.7 Å². The number of thioether (sulfide) groups is 1. The van der Waals surface area contributed by atoms with E-state index in [9.17, 15) is 24.0 Å². The normalized spacial score (nSPS) is 19.0. The Morgan fingerprint density at radius 2 is 1.68 bits per heavy atom. The number of amides is 3. The molecule has 12 nitrogen and oxygen atoms in total. The van der Waals surface area contributed by atoms with Gasteiger partial charge in [0.1, 0.15) is 17.7 Å². The molecule has 0 aromatic rings. The molecule has 218 valence electrons. The predicted octanol–water partition coefficient (Wildman–Crippen LogP) is 1.89. The fourth-order valence-electron chi connectivity index (χ4n) is 3.31. The van der Waals surface area contributed by atoms with Gasteiger partial charge in [0.05, 0.1) is 13.7 Å². The highest BCUT2D eigenvalue weighted by Crippen LogP contribution is 2.34. The van der Waals surface area contributed by atoms with Crippen LogP contribution in [-0.4, -0.2) is 85.1 Å². The Labute approximate surface area is 229 Å². The number of nitrogens with one attached hydrogen (secondary N) is 3. The predicted molar refractivity (Wildman–Crippen MR) is 141 cm³/mol. The van der Waals surface area contributed by atoms with Crippen LogP contribution in [0.1, 0.15) is 67.7 Å². The van der Waals surface area contributed by atoms with Crippen LogP contribution < -0.4 is 16.0 Å². The third-order valence-electron chi connectivity index (χ3n) is 5.30. The van der Waals surface area contributed by atoms with Crippen molar-refractivity contribution in [2.24, 2.45) is 5.41 Å². The number of alkyl carbamates (subject to hydrolysis) is 1. The van der Waals surface area contributed by atoms with Gasteiger partial charge in [0.2, 0.25) is 16.9 Å². The van der Waals surface area contributed by atoms with Gasteiger partial charge in [-0.25, -0.2) is 4.79 Å². The molecule has 0 unspecified atom stereocenters. The van der Waals surface area contributed by atoms with Gasteiger partial charge in [0, 0.05) is 37.1 Å². The topological polar surface area (TPSA) is 158 Å². The Kier molecular flexibility index (Phi) is 13.0. The molecule has 3 N–H and O–H groups in total. The van der Waals surface area contributed by atoms with E-state index in [1.165, 1.54) is 7.11 Å². The molecule has 0 saturated carbocycles. The molecule has 0 bridgehead atoms. The number of carbonyl (C=O) groups excluding carboxylic acids is 5. The minimum Gasteiger partial charge on any atom is -0.469 e. The van der Waals surface area contributed by atoms with E-state index in [0.29, 0.717) is 6.61 Å². The Bertz CT molecular complexity index is 856. The summed E-state index contributed by atoms with van der Waals surface area (Å²) in [5, 5.41) is 7.54. The SMILES string of the molecule is COC(=O)CC[C@H](NC(=O)OC(C)(C)C)C(=O)SCCNC(=O)CCNC(=O)[C@@H]1OC(C)(C)OCC1(C)C. The highest BCUT2D eigenvalue weighted by molar-refractivity contribution is 8.13. The van der Waals surface area contributed by atoms with Gasteiger partial charge in [-0.3, -0.25) is 19.2 Å². The van der Waals surface area contributed by atoms with Gasteiger partial charge in [-0.05, 0) is 41.0 Å². The fourth-order valence-corrected chi connectivity index (χ4v) is 4.09. The molecule has 13 heteroatoms. The van der Waals surface area contributed by atoms with Crippen molar-refractivity contribution in [1.29, 1.82) is 0 Å². The first-order valence-electron chi connectivity index (χ1n) is 12.5. The van der Waals surface area contributed by atoms with E-state index in [1.807, 2.05) is 13.8 Å². The van der Waals surface area contributed by atoms with Gasteiger partial charge >= 0.3 is 12.1 Å². The van der Waals surface area contributed by atoms with Gasteiger partial charge in [0.15, 0.2) is 5.79 Å². The minimum absolute atomic E-state index is 0.0502. The van der Waals surface area contributed by atoms with E-state index in [0.717, 1.165) is 11.8 Å². The molecule has 0 radical (unpaired) electrons. The first-order valence-corrected chi connectivity index (χ1v) is 13.5. The molecule has 38 heavy (non-hydrogen) atoms. The van der Waals surface area contributed by atoms with Crippen LogP contribution in [0.25, 0.3) is 0 Å². The lowest BCUT2D eigenvalue weighted by Crippen LogP contribution is -2.56. The van der Waals surface area contributed by atoms with Gasteiger partial charge in [-0.2, -0.15) is 0 Å². The van der Waals surface area contributed by atoms with Crippen molar-refractivity contribution in [1.82, 2.24) is 16.0 Å². The van der Waals surface area contributed by atoms with Crippen LogP contribution in [0.5, 0.6) is 0 Å². The third kappa shape index (κ3) is 12.9. The summed E-state index contributed by atoms with van der Waals surface area (Å²) in [7, 11) is 1.24. The van der Waals surface area contributed by atoms with Crippen LogP contribution in [0.15, 0.2) is 0 Å². The fraction of sp³-hybridized carbons (Fsp3) is 0.800. The number of methoxy groups -OCH3 is 1. The van der Waals surface area contributed by atoms with E-state index < -0.39 is 41.0 Å². The molecule has 1 heterocycles. The second kappa shape index (κ2) is 14.7. The first kappa shape index (κ1) is 33.6. The molecular formula is C25H43N3O9S. The number of hydrogen-bond donors (Lipinski definition) is 3. The molecule has 1 fully saturated rings. The van der Waals surface area contributed by atoms with Crippen molar-refractivity contribution in [3.05, 3.63) is 0 Å². The molecule has 0 aliphatic carbocycles. The molecule has 1 aliphatic rings. The molecule has 0 spiro atoms. The Morgan fingerprint density at radius 3 is 2.29 bits per heavy atom. The maximum absolute atomic E-state index is 12.6. The zero-order chi connectivity index (χ0) is 29.1. The Hall–Kier alpha value is -2.38. The number of hydrogen-bond acceptors (Lipinski definition) is 10. The average Bonchev–Trinajstić information content (AvgIpc) is 2.79. The van der Waals surface area contributed by atoms with Crippen molar-refractivity contribution in [3.8, 4) is 0 Å². The number of esters is 1. The molecule has 1 aliphatic heterocycles. The quantitative estimate of drug-likeness (QED) is 0.237. The van der Waals surface area contributed by atoms with E-state index >= 15 is 0 Å². The van der Waals surface area contributed by atoms with Crippen molar-refractivity contribution < 1.29 is 42.9 Å². The lowest BCUT2D eigenvalue weighted by Gasteiger charge is -2.44. The maximum Gasteiger partial charge on any atom is 0.408 e. The van der Waals surface area contributed by atoms with Gasteiger partial charge in [-0.1, -0.05) is 25.6 Å². The molecule has 1 saturated heterocycles. The Balaban J connectivity index is 2.43. The van der Waals surface area contributed by atoms with Crippen LogP contribution in [-0.2, 0) is 38.1 Å². The summed E-state index contributed by atoms with van der Waals surface area (Å²) in [5.41, 5.74) is -1.26. The summed E-state index contributed by atoms with van der Waals surface area (Å²) in [6, 6.07) is -0.957. The van der Waals surface area contributed by atoms with Crippen LogP contribution in [0.4, 0.5) is 4.79 Å². The summed E-state index contributed by atoms with van der Waals surface area (Å²) >= 11 is 0.919. The summed E-state index contributed by atoms with van der Waals surface area (Å²) < 4.78 is 21.2. The highest BCUT2D eigenvalue weighted by atomic mass is 32.2. The van der Waals surface area contributed by atoms with Crippen molar-refractivity contribution in [2.75, 3.05) is 32.6 Å². The van der Waals surface area contributed by atoms with E-state index in [1.54, 1.807) is 34.6 Å². The Morgan fingerprint density at radius 1 is 1.03 bits per heavy atom. The van der Waals surface area contributed by atoms with Crippen LogP contribution >= 0.6 is 11.8 Å². The van der Waals surface area contributed by atoms with Crippen LogP contribution in [0.3, 0.4) is 0 Å². The summed E-state index contributed by atoms with van der Waals surface area (Å²) in [6.45, 7) is 13.0. The molecule has 2 atom stereocenters. The second-order valence-electron chi connectivity index (χ2n) is 11.0. The smallest absolute Gasteiger partial charge is 0.408 e. The lowest BCUT2D eigenvalue weighted by atomic mass is 9.85. The van der Waals surface area contributed by atoms with Crippen molar-refractivity contribution in [2.45, 2.75) is 91.3 Å². The second-order valence-corrected chi connectivity index (χ2v) is 12.1. The minimum atomic E-state index is -0.957.